The van der Waals surface area contributed by atoms with Gasteiger partial charge in [-0.1, -0.05) is 11.6 Å². The van der Waals surface area contributed by atoms with Crippen molar-refractivity contribution in [3.63, 3.8) is 0 Å². The lowest BCUT2D eigenvalue weighted by molar-refractivity contribution is 0.0420. The lowest BCUT2D eigenvalue weighted by Crippen LogP contribution is -2.15. The standard InChI is InChI=1S/C14H20ClNO2/c1-9-7-13(17-2)12(15)8-11(9)14(10-3-4-10)18-6-5-16/h7-8,10,14H,3-6,16H2,1-2H3. The number of halogens is 1. The molecule has 0 amide bonds. The molecule has 4 heteroatoms. The van der Waals surface area contributed by atoms with E-state index in [1.165, 1.54) is 12.8 Å². The Morgan fingerprint density at radius 1 is 1.44 bits per heavy atom. The number of nitrogens with two attached hydrogens (primary N) is 1. The summed E-state index contributed by atoms with van der Waals surface area (Å²) >= 11 is 6.20. The highest BCUT2D eigenvalue weighted by Crippen LogP contribution is 2.45. The molecule has 0 heterocycles. The Morgan fingerprint density at radius 2 is 2.17 bits per heavy atom. The summed E-state index contributed by atoms with van der Waals surface area (Å²) in [7, 11) is 1.63. The van der Waals surface area contributed by atoms with Crippen molar-refractivity contribution >= 4 is 11.6 Å². The summed E-state index contributed by atoms with van der Waals surface area (Å²) in [5.74, 6) is 1.33. The summed E-state index contributed by atoms with van der Waals surface area (Å²) in [6, 6.07) is 3.94. The number of hydrogen-bond donors (Lipinski definition) is 1. The van der Waals surface area contributed by atoms with Crippen LogP contribution in [0.1, 0.15) is 30.1 Å². The predicted molar refractivity (Wildman–Crippen MR) is 73.2 cm³/mol. The van der Waals surface area contributed by atoms with Gasteiger partial charge in [-0.3, -0.25) is 0 Å². The van der Waals surface area contributed by atoms with Crippen LogP contribution in [0.15, 0.2) is 12.1 Å². The molecule has 0 aliphatic heterocycles. The second-order valence-corrected chi connectivity index (χ2v) is 5.17. The minimum atomic E-state index is 0.122. The number of benzene rings is 1. The lowest BCUT2D eigenvalue weighted by Gasteiger charge is -2.20. The van der Waals surface area contributed by atoms with Crippen molar-refractivity contribution in [3.05, 3.63) is 28.3 Å². The van der Waals surface area contributed by atoms with E-state index in [4.69, 9.17) is 26.8 Å². The summed E-state index contributed by atoms with van der Waals surface area (Å²) in [6.45, 7) is 3.20. The predicted octanol–water partition coefficient (Wildman–Crippen LogP) is 3.08. The Morgan fingerprint density at radius 3 is 2.72 bits per heavy atom. The van der Waals surface area contributed by atoms with Gasteiger partial charge in [0.15, 0.2) is 0 Å². The van der Waals surface area contributed by atoms with Crippen molar-refractivity contribution in [3.8, 4) is 5.75 Å². The van der Waals surface area contributed by atoms with Crippen LogP contribution in [0.25, 0.3) is 0 Å². The highest BCUT2D eigenvalue weighted by molar-refractivity contribution is 6.32. The van der Waals surface area contributed by atoms with Crippen LogP contribution in [0.4, 0.5) is 0 Å². The average molecular weight is 270 g/mol. The first-order valence-corrected chi connectivity index (χ1v) is 6.71. The number of ether oxygens (including phenoxy) is 2. The fourth-order valence-electron chi connectivity index (χ4n) is 2.21. The van der Waals surface area contributed by atoms with Crippen LogP contribution in [0.5, 0.6) is 5.75 Å². The van der Waals surface area contributed by atoms with E-state index >= 15 is 0 Å². The molecule has 1 saturated carbocycles. The monoisotopic (exact) mass is 269 g/mol. The third-order valence-corrected chi connectivity index (χ3v) is 3.61. The van der Waals surface area contributed by atoms with Gasteiger partial charge in [-0.05, 0) is 48.9 Å². The van der Waals surface area contributed by atoms with E-state index in [0.29, 0.717) is 29.8 Å². The van der Waals surface area contributed by atoms with Crippen molar-refractivity contribution in [1.82, 2.24) is 0 Å². The lowest BCUT2D eigenvalue weighted by atomic mass is 9.99. The van der Waals surface area contributed by atoms with Crippen molar-refractivity contribution in [2.75, 3.05) is 20.3 Å². The molecule has 0 saturated heterocycles. The Bertz CT molecular complexity index is 419. The minimum Gasteiger partial charge on any atom is -0.495 e. The number of rotatable bonds is 6. The molecular weight excluding hydrogens is 250 g/mol. The first-order valence-electron chi connectivity index (χ1n) is 6.33. The van der Waals surface area contributed by atoms with Gasteiger partial charge >= 0.3 is 0 Å². The van der Waals surface area contributed by atoms with Crippen LogP contribution in [-0.4, -0.2) is 20.3 Å². The molecule has 1 aromatic rings. The Hall–Kier alpha value is -0.770. The van der Waals surface area contributed by atoms with Crippen LogP contribution in [-0.2, 0) is 4.74 Å². The van der Waals surface area contributed by atoms with Crippen LogP contribution < -0.4 is 10.5 Å². The first kappa shape index (κ1) is 13.7. The molecule has 0 bridgehead atoms. The van der Waals surface area contributed by atoms with Gasteiger partial charge in [-0.25, -0.2) is 0 Å². The van der Waals surface area contributed by atoms with E-state index in [0.717, 1.165) is 11.1 Å². The smallest absolute Gasteiger partial charge is 0.137 e. The van der Waals surface area contributed by atoms with Crippen molar-refractivity contribution in [2.45, 2.75) is 25.9 Å². The third-order valence-electron chi connectivity index (χ3n) is 3.31. The van der Waals surface area contributed by atoms with Crippen LogP contribution in [0.3, 0.4) is 0 Å². The zero-order valence-electron chi connectivity index (χ0n) is 10.9. The maximum atomic E-state index is 6.20. The van der Waals surface area contributed by atoms with Crippen molar-refractivity contribution in [1.29, 1.82) is 0 Å². The highest BCUT2D eigenvalue weighted by Gasteiger charge is 2.34. The normalized spacial score (nSPS) is 16.7. The Kier molecular flexibility index (Phi) is 4.49. The number of aryl methyl sites for hydroxylation is 1. The van der Waals surface area contributed by atoms with E-state index in [-0.39, 0.29) is 6.10 Å². The highest BCUT2D eigenvalue weighted by atomic mass is 35.5. The molecule has 0 radical (unpaired) electrons. The summed E-state index contributed by atoms with van der Waals surface area (Å²) in [4.78, 5) is 0. The molecule has 0 spiro atoms. The van der Waals surface area contributed by atoms with Crippen LogP contribution in [0, 0.1) is 12.8 Å². The van der Waals surface area contributed by atoms with Gasteiger partial charge < -0.3 is 15.2 Å². The third kappa shape index (κ3) is 2.97. The molecule has 100 valence electrons. The number of methoxy groups -OCH3 is 1. The molecule has 2 rings (SSSR count). The molecule has 18 heavy (non-hydrogen) atoms. The van der Waals surface area contributed by atoms with Gasteiger partial charge in [0.25, 0.3) is 0 Å². The summed E-state index contributed by atoms with van der Waals surface area (Å²) in [5.41, 5.74) is 7.84. The van der Waals surface area contributed by atoms with Gasteiger partial charge in [0.05, 0.1) is 24.8 Å². The molecule has 3 nitrogen and oxygen atoms in total. The van der Waals surface area contributed by atoms with E-state index in [2.05, 4.69) is 6.92 Å². The zero-order valence-corrected chi connectivity index (χ0v) is 11.7. The summed E-state index contributed by atoms with van der Waals surface area (Å²) in [6.07, 6.45) is 2.56. The molecule has 1 aliphatic rings. The molecule has 2 N–H and O–H groups in total. The maximum Gasteiger partial charge on any atom is 0.137 e. The molecule has 1 fully saturated rings. The van der Waals surface area contributed by atoms with E-state index in [1.807, 2.05) is 12.1 Å². The van der Waals surface area contributed by atoms with Crippen molar-refractivity contribution < 1.29 is 9.47 Å². The molecular formula is C14H20ClNO2. The van der Waals surface area contributed by atoms with Gasteiger partial charge in [0, 0.05) is 6.54 Å². The Labute approximate surface area is 113 Å². The molecule has 1 unspecified atom stereocenters. The first-order chi connectivity index (χ1) is 8.67. The minimum absolute atomic E-state index is 0.122. The molecule has 1 aromatic carbocycles. The largest absolute Gasteiger partial charge is 0.495 e. The molecule has 1 atom stereocenters. The van der Waals surface area contributed by atoms with Gasteiger partial charge in [0.1, 0.15) is 5.75 Å². The fraction of sp³-hybridized carbons (Fsp3) is 0.571. The van der Waals surface area contributed by atoms with E-state index in [9.17, 15) is 0 Å². The summed E-state index contributed by atoms with van der Waals surface area (Å²) < 4.78 is 11.1. The van der Waals surface area contributed by atoms with E-state index in [1.54, 1.807) is 7.11 Å². The Balaban J connectivity index is 2.26. The second-order valence-electron chi connectivity index (χ2n) is 4.76. The van der Waals surface area contributed by atoms with Crippen LogP contribution in [0.2, 0.25) is 5.02 Å². The van der Waals surface area contributed by atoms with Gasteiger partial charge in [-0.2, -0.15) is 0 Å². The zero-order chi connectivity index (χ0) is 13.1. The SMILES string of the molecule is COc1cc(C)c(C(OCCN)C2CC2)cc1Cl. The van der Waals surface area contributed by atoms with Gasteiger partial charge in [-0.15, -0.1) is 0 Å². The fourth-order valence-corrected chi connectivity index (χ4v) is 2.46. The van der Waals surface area contributed by atoms with E-state index < -0.39 is 0 Å². The topological polar surface area (TPSA) is 44.5 Å². The quantitative estimate of drug-likeness (QED) is 0.863. The average Bonchev–Trinajstić information content (AvgIpc) is 3.17. The summed E-state index contributed by atoms with van der Waals surface area (Å²) in [5, 5.41) is 0.639. The number of hydrogen-bond acceptors (Lipinski definition) is 3. The van der Waals surface area contributed by atoms with Crippen molar-refractivity contribution in [2.24, 2.45) is 11.7 Å². The second kappa shape index (κ2) is 5.91. The molecule has 1 aliphatic carbocycles. The maximum absolute atomic E-state index is 6.20. The van der Waals surface area contributed by atoms with Gasteiger partial charge in [0.2, 0.25) is 0 Å². The van der Waals surface area contributed by atoms with Crippen LogP contribution >= 0.6 is 11.6 Å². The molecule has 0 aromatic heterocycles.